The minimum atomic E-state index is -0.313. The molecule has 2 rings (SSSR count). The van der Waals surface area contributed by atoms with Crippen molar-refractivity contribution in [2.24, 2.45) is 0 Å². The van der Waals surface area contributed by atoms with Crippen LogP contribution in [-0.2, 0) is 13.2 Å². The van der Waals surface area contributed by atoms with Gasteiger partial charge in [-0.2, -0.15) is 0 Å². The predicted molar refractivity (Wildman–Crippen MR) is 74.3 cm³/mol. The summed E-state index contributed by atoms with van der Waals surface area (Å²) >= 11 is 0. The lowest BCUT2D eigenvalue weighted by atomic mass is 10.2. The molecule has 0 spiro atoms. The van der Waals surface area contributed by atoms with E-state index < -0.39 is 0 Å². The highest BCUT2D eigenvalue weighted by Gasteiger charge is 2.11. The van der Waals surface area contributed by atoms with E-state index in [2.05, 4.69) is 0 Å². The van der Waals surface area contributed by atoms with Crippen molar-refractivity contribution >= 4 is 0 Å². The molecule has 0 fully saturated rings. The zero-order valence-electron chi connectivity index (χ0n) is 11.3. The van der Waals surface area contributed by atoms with Gasteiger partial charge in [0.25, 0.3) is 0 Å². The van der Waals surface area contributed by atoms with E-state index in [9.17, 15) is 9.50 Å². The van der Waals surface area contributed by atoms with E-state index in [4.69, 9.17) is 9.47 Å². The molecule has 0 aliphatic rings. The van der Waals surface area contributed by atoms with Crippen LogP contribution in [0.5, 0.6) is 11.5 Å². The van der Waals surface area contributed by atoms with Crippen LogP contribution in [0.4, 0.5) is 4.39 Å². The van der Waals surface area contributed by atoms with Crippen molar-refractivity contribution < 1.29 is 19.0 Å². The summed E-state index contributed by atoms with van der Waals surface area (Å²) in [7, 11) is 0. The van der Waals surface area contributed by atoms with Crippen LogP contribution in [0.2, 0.25) is 0 Å². The van der Waals surface area contributed by atoms with E-state index in [0.717, 1.165) is 0 Å². The van der Waals surface area contributed by atoms with E-state index in [1.54, 1.807) is 36.4 Å². The van der Waals surface area contributed by atoms with Crippen molar-refractivity contribution in [2.45, 2.75) is 20.1 Å². The minimum absolute atomic E-state index is 0.0871. The molecule has 3 nitrogen and oxygen atoms in total. The molecular formula is C16H17FO3. The smallest absolute Gasteiger partial charge is 0.167 e. The summed E-state index contributed by atoms with van der Waals surface area (Å²) in [6.45, 7) is 2.29. The third-order valence-electron chi connectivity index (χ3n) is 2.86. The first-order valence-electron chi connectivity index (χ1n) is 6.48. The second kappa shape index (κ2) is 6.91. The van der Waals surface area contributed by atoms with Crippen LogP contribution in [0.15, 0.2) is 42.5 Å². The topological polar surface area (TPSA) is 38.7 Å². The van der Waals surface area contributed by atoms with Crippen molar-refractivity contribution in [1.82, 2.24) is 0 Å². The Morgan fingerprint density at radius 2 is 1.75 bits per heavy atom. The first kappa shape index (κ1) is 14.3. The van der Waals surface area contributed by atoms with Gasteiger partial charge in [-0.3, -0.25) is 0 Å². The fourth-order valence-electron chi connectivity index (χ4n) is 1.88. The third kappa shape index (κ3) is 3.27. The Labute approximate surface area is 117 Å². The van der Waals surface area contributed by atoms with Gasteiger partial charge < -0.3 is 14.6 Å². The second-order valence-corrected chi connectivity index (χ2v) is 4.22. The van der Waals surface area contributed by atoms with Gasteiger partial charge in [-0.1, -0.05) is 30.3 Å². The van der Waals surface area contributed by atoms with Crippen LogP contribution in [0.1, 0.15) is 18.1 Å². The summed E-state index contributed by atoms with van der Waals surface area (Å²) in [6, 6.07) is 11.7. The normalized spacial score (nSPS) is 10.3. The number of para-hydroxylation sites is 1. The Hall–Kier alpha value is -2.07. The number of ether oxygens (including phenoxy) is 2. The summed E-state index contributed by atoms with van der Waals surface area (Å²) in [5.74, 6) is 0.697. The average molecular weight is 276 g/mol. The summed E-state index contributed by atoms with van der Waals surface area (Å²) < 4.78 is 24.7. The first-order chi connectivity index (χ1) is 9.76. The maximum atomic E-state index is 13.6. The van der Waals surface area contributed by atoms with Gasteiger partial charge in [-0.15, -0.1) is 0 Å². The van der Waals surface area contributed by atoms with Crippen molar-refractivity contribution in [3.63, 3.8) is 0 Å². The van der Waals surface area contributed by atoms with E-state index >= 15 is 0 Å². The Kier molecular flexibility index (Phi) is 4.96. The lowest BCUT2D eigenvalue weighted by Crippen LogP contribution is -2.03. The Bertz CT molecular complexity index is 569. The zero-order valence-corrected chi connectivity index (χ0v) is 11.3. The molecule has 20 heavy (non-hydrogen) atoms. The summed E-state index contributed by atoms with van der Waals surface area (Å²) in [4.78, 5) is 0. The number of aliphatic hydroxyl groups excluding tert-OH is 1. The number of hydrogen-bond acceptors (Lipinski definition) is 3. The van der Waals surface area contributed by atoms with Gasteiger partial charge in [0, 0.05) is 11.1 Å². The number of benzene rings is 2. The molecule has 0 unspecified atom stereocenters. The molecule has 106 valence electrons. The van der Waals surface area contributed by atoms with Gasteiger partial charge in [0.05, 0.1) is 13.2 Å². The Morgan fingerprint density at radius 3 is 2.45 bits per heavy atom. The third-order valence-corrected chi connectivity index (χ3v) is 2.86. The molecule has 0 heterocycles. The van der Waals surface area contributed by atoms with Gasteiger partial charge in [-0.05, 0) is 19.1 Å². The fourth-order valence-corrected chi connectivity index (χ4v) is 1.88. The van der Waals surface area contributed by atoms with Crippen LogP contribution in [0, 0.1) is 5.82 Å². The largest absolute Gasteiger partial charge is 0.490 e. The van der Waals surface area contributed by atoms with E-state index in [1.807, 2.05) is 6.92 Å². The van der Waals surface area contributed by atoms with Crippen LogP contribution < -0.4 is 9.47 Å². The first-order valence-corrected chi connectivity index (χ1v) is 6.48. The highest BCUT2D eigenvalue weighted by molar-refractivity contribution is 5.46. The minimum Gasteiger partial charge on any atom is -0.490 e. The van der Waals surface area contributed by atoms with Gasteiger partial charge in [0.1, 0.15) is 12.4 Å². The van der Waals surface area contributed by atoms with Crippen molar-refractivity contribution in [2.75, 3.05) is 6.61 Å². The zero-order chi connectivity index (χ0) is 14.4. The maximum absolute atomic E-state index is 13.6. The van der Waals surface area contributed by atoms with Crippen molar-refractivity contribution in [3.05, 3.63) is 59.4 Å². The molecule has 0 aliphatic carbocycles. The van der Waals surface area contributed by atoms with E-state index in [1.165, 1.54) is 6.07 Å². The molecule has 0 atom stereocenters. The van der Waals surface area contributed by atoms with Crippen LogP contribution in [0.3, 0.4) is 0 Å². The van der Waals surface area contributed by atoms with E-state index in [0.29, 0.717) is 29.2 Å². The standard InChI is InChI=1S/C16H17FO3/c1-2-19-15-9-5-7-12(10-18)16(15)20-11-13-6-3-4-8-14(13)17/h3-9,18H,2,10-11H2,1H3. The molecule has 0 aliphatic heterocycles. The molecule has 0 aromatic heterocycles. The van der Waals surface area contributed by atoms with Crippen LogP contribution >= 0.6 is 0 Å². The van der Waals surface area contributed by atoms with Crippen molar-refractivity contribution in [3.8, 4) is 11.5 Å². The summed E-state index contributed by atoms with van der Waals surface area (Å²) in [5.41, 5.74) is 1.08. The fraction of sp³-hybridized carbons (Fsp3) is 0.250. The lowest BCUT2D eigenvalue weighted by Gasteiger charge is -2.15. The predicted octanol–water partition coefficient (Wildman–Crippen LogP) is 3.30. The highest BCUT2D eigenvalue weighted by Crippen LogP contribution is 2.32. The number of hydrogen-bond donors (Lipinski definition) is 1. The van der Waals surface area contributed by atoms with Crippen LogP contribution in [-0.4, -0.2) is 11.7 Å². The van der Waals surface area contributed by atoms with Gasteiger partial charge in [0.15, 0.2) is 11.5 Å². The Balaban J connectivity index is 2.21. The Morgan fingerprint density at radius 1 is 1.00 bits per heavy atom. The molecule has 2 aromatic carbocycles. The van der Waals surface area contributed by atoms with Gasteiger partial charge >= 0.3 is 0 Å². The second-order valence-electron chi connectivity index (χ2n) is 4.22. The summed E-state index contributed by atoms with van der Waals surface area (Å²) in [6.07, 6.45) is 0. The molecule has 2 aromatic rings. The maximum Gasteiger partial charge on any atom is 0.167 e. The molecule has 1 N–H and O–H groups in total. The van der Waals surface area contributed by atoms with E-state index in [-0.39, 0.29) is 19.0 Å². The molecule has 0 bridgehead atoms. The SMILES string of the molecule is CCOc1cccc(CO)c1OCc1ccccc1F. The number of aliphatic hydroxyl groups is 1. The monoisotopic (exact) mass is 276 g/mol. The highest BCUT2D eigenvalue weighted by atomic mass is 19.1. The van der Waals surface area contributed by atoms with Crippen molar-refractivity contribution in [1.29, 1.82) is 0 Å². The lowest BCUT2D eigenvalue weighted by molar-refractivity contribution is 0.241. The average Bonchev–Trinajstić information content (AvgIpc) is 2.47. The molecule has 0 saturated carbocycles. The molecule has 0 amide bonds. The van der Waals surface area contributed by atoms with Gasteiger partial charge in [0.2, 0.25) is 0 Å². The molecule has 4 heteroatoms. The molecule has 0 radical (unpaired) electrons. The van der Waals surface area contributed by atoms with Crippen LogP contribution in [0.25, 0.3) is 0 Å². The number of halogens is 1. The quantitative estimate of drug-likeness (QED) is 0.879. The molecular weight excluding hydrogens is 259 g/mol. The van der Waals surface area contributed by atoms with Gasteiger partial charge in [-0.25, -0.2) is 4.39 Å². The summed E-state index contributed by atoms with van der Waals surface area (Å²) in [5, 5.41) is 9.35. The number of rotatable bonds is 6. The molecule has 0 saturated heterocycles.